The number of carbonyl (C=O) groups is 1. The van der Waals surface area contributed by atoms with E-state index in [1.165, 1.54) is 22.2 Å². The van der Waals surface area contributed by atoms with Crippen molar-refractivity contribution >= 4 is 33.3 Å². The summed E-state index contributed by atoms with van der Waals surface area (Å²) < 4.78 is 1.29. The van der Waals surface area contributed by atoms with Crippen LogP contribution in [-0.2, 0) is 11.3 Å². The molecule has 2 heterocycles. The summed E-state index contributed by atoms with van der Waals surface area (Å²) in [5.74, 6) is -0.0824. The van der Waals surface area contributed by atoms with Gasteiger partial charge in [-0.3, -0.25) is 19.5 Å². The molecule has 3 aromatic rings. The van der Waals surface area contributed by atoms with Gasteiger partial charge in [0.2, 0.25) is 11.0 Å². The lowest BCUT2D eigenvalue weighted by atomic mass is 10.1. The van der Waals surface area contributed by atoms with Gasteiger partial charge in [-0.25, -0.2) is 4.98 Å². The van der Waals surface area contributed by atoms with Crippen LogP contribution in [-0.4, -0.2) is 25.7 Å². The normalized spacial score (nSPS) is 11.2. The van der Waals surface area contributed by atoms with Crippen molar-refractivity contribution in [1.82, 2.24) is 19.7 Å². The summed E-state index contributed by atoms with van der Waals surface area (Å²) in [4.78, 5) is 28.9. The Bertz CT molecular complexity index is 961. The van der Waals surface area contributed by atoms with Gasteiger partial charge in [-0.05, 0) is 18.6 Å². The Morgan fingerprint density at radius 2 is 2.12 bits per heavy atom. The predicted molar refractivity (Wildman–Crippen MR) is 93.4 cm³/mol. The zero-order valence-electron chi connectivity index (χ0n) is 13.6. The molecule has 0 radical (unpaired) electrons. The van der Waals surface area contributed by atoms with Gasteiger partial charge in [-0.15, -0.1) is 10.2 Å². The minimum Gasteiger partial charge on any atom is -0.299 e. The van der Waals surface area contributed by atoms with Gasteiger partial charge in [0, 0.05) is 5.92 Å². The number of rotatable bonds is 4. The van der Waals surface area contributed by atoms with Crippen molar-refractivity contribution in [3.63, 3.8) is 0 Å². The minimum atomic E-state index is -0.336. The molecule has 0 spiro atoms. The number of hydrogen-bond donors (Lipinski definition) is 1. The van der Waals surface area contributed by atoms with Crippen LogP contribution in [0.4, 0.5) is 5.13 Å². The molecule has 1 amide bonds. The second-order valence-corrected chi connectivity index (χ2v) is 6.81. The molecule has 8 heteroatoms. The van der Waals surface area contributed by atoms with Crippen molar-refractivity contribution in [2.45, 2.75) is 33.2 Å². The summed E-state index contributed by atoms with van der Waals surface area (Å²) in [7, 11) is 0. The Morgan fingerprint density at radius 3 is 2.83 bits per heavy atom. The maximum absolute atomic E-state index is 12.5. The Kier molecular flexibility index (Phi) is 4.39. The van der Waals surface area contributed by atoms with Crippen LogP contribution in [0.15, 0.2) is 29.3 Å². The Hall–Kier alpha value is -2.61. The molecule has 7 nitrogen and oxygen atoms in total. The molecule has 0 fully saturated rings. The van der Waals surface area contributed by atoms with E-state index in [2.05, 4.69) is 20.5 Å². The maximum atomic E-state index is 12.5. The lowest BCUT2D eigenvalue weighted by molar-refractivity contribution is -0.116. The number of anilines is 1. The lowest BCUT2D eigenvalue weighted by Crippen LogP contribution is -2.28. The fourth-order valence-corrected chi connectivity index (χ4v) is 3.04. The Labute approximate surface area is 142 Å². The van der Waals surface area contributed by atoms with Crippen molar-refractivity contribution in [1.29, 1.82) is 0 Å². The van der Waals surface area contributed by atoms with Gasteiger partial charge in [0.15, 0.2) is 0 Å². The van der Waals surface area contributed by atoms with Gasteiger partial charge in [-0.2, -0.15) is 0 Å². The van der Waals surface area contributed by atoms with Crippen molar-refractivity contribution in [3.8, 4) is 0 Å². The van der Waals surface area contributed by atoms with E-state index in [-0.39, 0.29) is 23.9 Å². The van der Waals surface area contributed by atoms with Crippen molar-refractivity contribution in [3.05, 3.63) is 45.5 Å². The van der Waals surface area contributed by atoms with Gasteiger partial charge >= 0.3 is 0 Å². The van der Waals surface area contributed by atoms with E-state index in [1.54, 1.807) is 12.1 Å². The molecule has 1 N–H and O–H groups in total. The number of nitrogens with zero attached hydrogens (tertiary/aromatic N) is 4. The molecule has 0 saturated carbocycles. The molecule has 0 unspecified atom stereocenters. The smallest absolute Gasteiger partial charge is 0.261 e. The first-order chi connectivity index (χ1) is 11.5. The molecule has 0 aliphatic rings. The van der Waals surface area contributed by atoms with Crippen molar-refractivity contribution in [2.75, 3.05) is 5.32 Å². The number of aryl methyl sites for hydroxylation is 1. The van der Waals surface area contributed by atoms with Crippen LogP contribution in [0.3, 0.4) is 0 Å². The molecule has 24 heavy (non-hydrogen) atoms. The molecule has 0 bridgehead atoms. The fourth-order valence-electron chi connectivity index (χ4n) is 2.28. The average molecular weight is 343 g/mol. The fraction of sp³-hybridized carbons (Fsp3) is 0.312. The number of para-hydroxylation sites is 1. The van der Waals surface area contributed by atoms with Gasteiger partial charge in [0.1, 0.15) is 11.6 Å². The topological polar surface area (TPSA) is 89.8 Å². The van der Waals surface area contributed by atoms with E-state index in [0.717, 1.165) is 10.6 Å². The van der Waals surface area contributed by atoms with Gasteiger partial charge in [-0.1, -0.05) is 37.3 Å². The summed E-state index contributed by atoms with van der Waals surface area (Å²) in [6.45, 7) is 5.79. The molecule has 2 aromatic heterocycles. The molecule has 0 atom stereocenters. The monoisotopic (exact) mass is 343 g/mol. The number of nitrogens with one attached hydrogen (secondary N) is 1. The van der Waals surface area contributed by atoms with Crippen LogP contribution in [0.2, 0.25) is 0 Å². The second kappa shape index (κ2) is 6.48. The predicted octanol–water partition coefficient (Wildman–Crippen LogP) is 2.32. The zero-order valence-corrected chi connectivity index (χ0v) is 14.4. The number of benzene rings is 1. The first-order valence-electron chi connectivity index (χ1n) is 7.53. The van der Waals surface area contributed by atoms with Crippen LogP contribution < -0.4 is 10.9 Å². The van der Waals surface area contributed by atoms with Crippen molar-refractivity contribution < 1.29 is 4.79 Å². The standard InChI is InChI=1S/C16H17N5O2S/c1-9(2)14-19-20-16(24-14)18-12(22)7-21-8-17-13-10(3)5-4-6-11(13)15(21)23/h4-6,8-9H,7H2,1-3H3,(H,18,20,22). The summed E-state index contributed by atoms with van der Waals surface area (Å²) in [6.07, 6.45) is 1.40. The first-order valence-corrected chi connectivity index (χ1v) is 8.35. The van der Waals surface area contributed by atoms with Crippen LogP contribution in [0.25, 0.3) is 10.9 Å². The minimum absolute atomic E-state index is 0.119. The van der Waals surface area contributed by atoms with E-state index in [0.29, 0.717) is 16.0 Å². The zero-order chi connectivity index (χ0) is 17.3. The molecule has 3 rings (SSSR count). The highest BCUT2D eigenvalue weighted by atomic mass is 32.1. The van der Waals surface area contributed by atoms with Crippen LogP contribution in [0, 0.1) is 6.92 Å². The first kappa shape index (κ1) is 16.3. The SMILES string of the molecule is Cc1cccc2c(=O)n(CC(=O)Nc3nnc(C(C)C)s3)cnc12. The number of fused-ring (bicyclic) bond motifs is 1. The number of carbonyl (C=O) groups excluding carboxylic acids is 1. The molecule has 0 aliphatic heterocycles. The van der Waals surface area contributed by atoms with E-state index in [4.69, 9.17) is 0 Å². The third-order valence-corrected chi connectivity index (χ3v) is 4.69. The number of amides is 1. The van der Waals surface area contributed by atoms with Gasteiger partial charge in [0.25, 0.3) is 5.56 Å². The molecule has 0 aliphatic carbocycles. The largest absolute Gasteiger partial charge is 0.299 e. The van der Waals surface area contributed by atoms with Crippen LogP contribution in [0.5, 0.6) is 0 Å². The van der Waals surface area contributed by atoms with E-state index in [1.807, 2.05) is 26.8 Å². The highest BCUT2D eigenvalue weighted by molar-refractivity contribution is 7.15. The number of aromatic nitrogens is 4. The van der Waals surface area contributed by atoms with Crippen LogP contribution in [0.1, 0.15) is 30.3 Å². The summed E-state index contributed by atoms with van der Waals surface area (Å²) in [5.41, 5.74) is 1.35. The summed E-state index contributed by atoms with van der Waals surface area (Å²) in [6, 6.07) is 5.42. The Balaban J connectivity index is 1.80. The van der Waals surface area contributed by atoms with E-state index < -0.39 is 0 Å². The van der Waals surface area contributed by atoms with Crippen molar-refractivity contribution in [2.24, 2.45) is 0 Å². The molecule has 1 aromatic carbocycles. The van der Waals surface area contributed by atoms with Gasteiger partial charge < -0.3 is 0 Å². The number of hydrogen-bond acceptors (Lipinski definition) is 6. The lowest BCUT2D eigenvalue weighted by Gasteiger charge is -2.07. The third-order valence-electron chi connectivity index (χ3n) is 3.55. The Morgan fingerprint density at radius 1 is 1.33 bits per heavy atom. The maximum Gasteiger partial charge on any atom is 0.261 e. The molecule has 0 saturated heterocycles. The average Bonchev–Trinajstić information content (AvgIpc) is 2.99. The van der Waals surface area contributed by atoms with E-state index >= 15 is 0 Å². The summed E-state index contributed by atoms with van der Waals surface area (Å²) in [5, 5.41) is 12.4. The second-order valence-electron chi connectivity index (χ2n) is 5.80. The van der Waals surface area contributed by atoms with Gasteiger partial charge in [0.05, 0.1) is 17.2 Å². The molecule has 124 valence electrons. The highest BCUT2D eigenvalue weighted by Crippen LogP contribution is 2.22. The summed E-state index contributed by atoms with van der Waals surface area (Å²) >= 11 is 1.33. The quantitative estimate of drug-likeness (QED) is 0.785. The molecular formula is C16H17N5O2S. The van der Waals surface area contributed by atoms with E-state index in [9.17, 15) is 9.59 Å². The van der Waals surface area contributed by atoms with Crippen LogP contribution >= 0.6 is 11.3 Å². The molecular weight excluding hydrogens is 326 g/mol. The third kappa shape index (κ3) is 3.18. The highest BCUT2D eigenvalue weighted by Gasteiger charge is 2.12.